The lowest BCUT2D eigenvalue weighted by Crippen LogP contribution is -2.37. The molecule has 1 aromatic heterocycles. The van der Waals surface area contributed by atoms with Crippen LogP contribution in [0.2, 0.25) is 0 Å². The van der Waals surface area contributed by atoms with Gasteiger partial charge in [0.05, 0.1) is 5.56 Å². The van der Waals surface area contributed by atoms with Gasteiger partial charge in [-0.05, 0) is 30.4 Å². The number of anilines is 2. The molecule has 0 spiro atoms. The molecule has 3 N–H and O–H groups in total. The summed E-state index contributed by atoms with van der Waals surface area (Å²) in [5.41, 5.74) is 4.73. The first-order chi connectivity index (χ1) is 13.6. The van der Waals surface area contributed by atoms with Gasteiger partial charge in [-0.3, -0.25) is 4.79 Å². The Morgan fingerprint density at radius 1 is 1.34 bits per heavy atom. The fraction of sp³-hybridized carbons (Fsp3) is 0.333. The molecular formula is C18H18F3N5O2S. The molecule has 0 unspecified atom stereocenters. The third-order valence-electron chi connectivity index (χ3n) is 3.73. The highest BCUT2D eigenvalue weighted by Gasteiger charge is 2.31. The zero-order valence-corrected chi connectivity index (χ0v) is 16.6. The lowest BCUT2D eigenvalue weighted by Gasteiger charge is -2.22. The number of thioether (sulfide) groups is 1. The molecule has 2 aromatic rings. The Balaban J connectivity index is 2.31. The fourth-order valence-electron chi connectivity index (χ4n) is 2.36. The maximum absolute atomic E-state index is 12.9. The Morgan fingerprint density at radius 2 is 2.03 bits per heavy atom. The van der Waals surface area contributed by atoms with Gasteiger partial charge in [-0.25, -0.2) is 4.98 Å². The molecule has 11 heteroatoms. The highest BCUT2D eigenvalue weighted by Crippen LogP contribution is 2.31. The number of ether oxygens (including phenoxy) is 1. The smallest absolute Gasteiger partial charge is 0.416 e. The Kier molecular flexibility index (Phi) is 6.92. The molecule has 7 nitrogen and oxygen atoms in total. The van der Waals surface area contributed by atoms with Crippen molar-refractivity contribution in [2.75, 3.05) is 17.3 Å². The van der Waals surface area contributed by atoms with Gasteiger partial charge in [-0.2, -0.15) is 23.4 Å². The quantitative estimate of drug-likeness (QED) is 0.536. The van der Waals surface area contributed by atoms with Crippen LogP contribution < -0.4 is 15.8 Å². The number of nitrogens with zero attached hydrogens (tertiary/aromatic N) is 3. The van der Waals surface area contributed by atoms with Crippen LogP contribution in [0.4, 0.5) is 24.8 Å². The first kappa shape index (κ1) is 22.3. The number of halogens is 3. The summed E-state index contributed by atoms with van der Waals surface area (Å²) in [4.78, 5) is 20.5. The number of nitrogens with one attached hydrogen (secondary N) is 1. The highest BCUT2D eigenvalue weighted by atomic mass is 32.2. The number of carbonyl (C=O) groups is 1. The molecule has 0 radical (unpaired) electrons. The lowest BCUT2D eigenvalue weighted by atomic mass is 10.1. The second-order valence-electron chi connectivity index (χ2n) is 6.23. The maximum atomic E-state index is 12.9. The van der Waals surface area contributed by atoms with E-state index in [2.05, 4.69) is 15.3 Å². The van der Waals surface area contributed by atoms with E-state index in [0.29, 0.717) is 0 Å². The van der Waals surface area contributed by atoms with Crippen LogP contribution in [0, 0.1) is 17.2 Å². The van der Waals surface area contributed by atoms with Gasteiger partial charge < -0.3 is 15.8 Å². The van der Waals surface area contributed by atoms with E-state index in [0.717, 1.165) is 23.9 Å². The number of hydrogen-bond acceptors (Lipinski definition) is 7. The van der Waals surface area contributed by atoms with Crippen LogP contribution in [0.25, 0.3) is 0 Å². The number of rotatable bonds is 6. The van der Waals surface area contributed by atoms with Crippen molar-refractivity contribution in [3.05, 3.63) is 35.4 Å². The highest BCUT2D eigenvalue weighted by molar-refractivity contribution is 7.98. The number of hydrogen-bond donors (Lipinski definition) is 2. The average Bonchev–Trinajstić information content (AvgIpc) is 2.64. The molecule has 0 aliphatic rings. The van der Waals surface area contributed by atoms with Crippen molar-refractivity contribution in [1.82, 2.24) is 9.97 Å². The second kappa shape index (κ2) is 9.00. The van der Waals surface area contributed by atoms with E-state index >= 15 is 0 Å². The number of nitrogen functional groups attached to an aromatic ring is 1. The van der Waals surface area contributed by atoms with E-state index in [-0.39, 0.29) is 34.0 Å². The number of aromatic nitrogens is 2. The SMILES string of the molecule is CSc1nc(N)nc(O[C@@H](C(=O)Nc2cccc(C(F)(F)F)c2)C(C)C)c1C#N. The van der Waals surface area contributed by atoms with Crippen molar-refractivity contribution in [3.63, 3.8) is 0 Å². The Bertz CT molecular complexity index is 944. The standard InChI is InChI=1S/C18H18F3N5O2S/c1-9(2)13(28-15-12(8-22)16(29-3)26-17(23)25-15)14(27)24-11-6-4-5-10(7-11)18(19,20)21/h4-7,9,13H,1-3H3,(H,24,27)(H2,23,25,26)/t13-/m1/s1. The zero-order valence-electron chi connectivity index (χ0n) is 15.7. The van der Waals surface area contributed by atoms with Gasteiger partial charge in [0.2, 0.25) is 11.8 Å². The maximum Gasteiger partial charge on any atom is 0.416 e. The summed E-state index contributed by atoms with van der Waals surface area (Å²) >= 11 is 1.16. The Hall–Kier alpha value is -3.00. The molecule has 154 valence electrons. The molecule has 0 bridgehead atoms. The lowest BCUT2D eigenvalue weighted by molar-refractivity contribution is -0.137. The zero-order chi connectivity index (χ0) is 21.8. The minimum Gasteiger partial charge on any atom is -0.463 e. The number of amides is 1. The van der Waals surface area contributed by atoms with E-state index in [1.807, 2.05) is 6.07 Å². The second-order valence-corrected chi connectivity index (χ2v) is 7.03. The van der Waals surface area contributed by atoms with E-state index in [4.69, 9.17) is 10.5 Å². The molecule has 0 aliphatic heterocycles. The van der Waals surface area contributed by atoms with Crippen LogP contribution in [-0.4, -0.2) is 28.2 Å². The molecular weight excluding hydrogens is 407 g/mol. The van der Waals surface area contributed by atoms with Gasteiger partial charge in [0.25, 0.3) is 5.91 Å². The van der Waals surface area contributed by atoms with Crippen LogP contribution in [-0.2, 0) is 11.0 Å². The monoisotopic (exact) mass is 425 g/mol. The van der Waals surface area contributed by atoms with Gasteiger partial charge in [0.15, 0.2) is 6.10 Å². The van der Waals surface area contributed by atoms with E-state index < -0.39 is 23.8 Å². The molecule has 0 aliphatic carbocycles. The van der Waals surface area contributed by atoms with E-state index in [1.165, 1.54) is 12.1 Å². The van der Waals surface area contributed by atoms with Gasteiger partial charge in [0.1, 0.15) is 16.7 Å². The van der Waals surface area contributed by atoms with Crippen molar-refractivity contribution in [2.45, 2.75) is 31.2 Å². The minimum absolute atomic E-state index is 0.0178. The van der Waals surface area contributed by atoms with Crippen LogP contribution in [0.15, 0.2) is 29.3 Å². The van der Waals surface area contributed by atoms with Gasteiger partial charge in [-0.15, -0.1) is 11.8 Å². The van der Waals surface area contributed by atoms with Crippen molar-refractivity contribution >= 4 is 29.3 Å². The number of carbonyl (C=O) groups excluding carboxylic acids is 1. The summed E-state index contributed by atoms with van der Waals surface area (Å²) in [6, 6.07) is 6.16. The number of nitrogens with two attached hydrogens (primary N) is 1. The topological polar surface area (TPSA) is 114 Å². The molecule has 0 fully saturated rings. The number of nitriles is 1. The minimum atomic E-state index is -4.54. The van der Waals surface area contributed by atoms with Gasteiger partial charge in [-0.1, -0.05) is 19.9 Å². The average molecular weight is 425 g/mol. The van der Waals surface area contributed by atoms with Crippen molar-refractivity contribution < 1.29 is 22.7 Å². The predicted octanol–water partition coefficient (Wildman–Crippen LogP) is 3.71. The van der Waals surface area contributed by atoms with Gasteiger partial charge in [0, 0.05) is 5.69 Å². The third kappa shape index (κ3) is 5.51. The summed E-state index contributed by atoms with van der Waals surface area (Å²) in [5, 5.41) is 12.1. The van der Waals surface area contributed by atoms with E-state index in [9.17, 15) is 23.2 Å². The molecule has 1 amide bonds. The Labute approximate surface area is 169 Å². The normalized spacial score (nSPS) is 12.3. The molecule has 1 heterocycles. The predicted molar refractivity (Wildman–Crippen MR) is 102 cm³/mol. The molecule has 0 saturated heterocycles. The fourth-order valence-corrected chi connectivity index (χ4v) is 2.89. The Morgan fingerprint density at radius 3 is 2.59 bits per heavy atom. The van der Waals surface area contributed by atoms with Gasteiger partial charge >= 0.3 is 6.18 Å². The largest absolute Gasteiger partial charge is 0.463 e. The molecule has 2 rings (SSSR count). The van der Waals surface area contributed by atoms with Crippen molar-refractivity contribution in [1.29, 1.82) is 5.26 Å². The number of alkyl halides is 3. The van der Waals surface area contributed by atoms with Crippen molar-refractivity contribution in [2.24, 2.45) is 5.92 Å². The van der Waals surface area contributed by atoms with Crippen LogP contribution in [0.5, 0.6) is 5.88 Å². The van der Waals surface area contributed by atoms with Crippen LogP contribution >= 0.6 is 11.8 Å². The van der Waals surface area contributed by atoms with Crippen LogP contribution in [0.1, 0.15) is 25.0 Å². The van der Waals surface area contributed by atoms with Crippen LogP contribution in [0.3, 0.4) is 0 Å². The number of benzene rings is 1. The molecule has 1 aromatic carbocycles. The molecule has 29 heavy (non-hydrogen) atoms. The summed E-state index contributed by atoms with van der Waals surface area (Å²) in [6.45, 7) is 3.37. The summed E-state index contributed by atoms with van der Waals surface area (Å²) in [7, 11) is 0. The summed E-state index contributed by atoms with van der Waals surface area (Å²) < 4.78 is 44.3. The molecule has 0 saturated carbocycles. The van der Waals surface area contributed by atoms with Crippen molar-refractivity contribution in [3.8, 4) is 11.9 Å². The summed E-state index contributed by atoms with van der Waals surface area (Å²) in [5.74, 6) is -1.38. The van der Waals surface area contributed by atoms with E-state index in [1.54, 1.807) is 20.1 Å². The third-order valence-corrected chi connectivity index (χ3v) is 4.41. The first-order valence-electron chi connectivity index (χ1n) is 8.33. The summed E-state index contributed by atoms with van der Waals surface area (Å²) in [6.07, 6.45) is -3.99. The molecule has 1 atom stereocenters. The first-order valence-corrected chi connectivity index (χ1v) is 9.55.